The standard InChI is InChI=1S/C11H11Cl2NO/c12-10-4-2-8(5-11(10)13)1-3-9-6-15-7-14-9/h2,4-5,7,9H,1,3,6H2. The van der Waals surface area contributed by atoms with Crippen molar-refractivity contribution in [1.29, 1.82) is 0 Å². The van der Waals surface area contributed by atoms with Crippen molar-refractivity contribution in [2.45, 2.75) is 18.9 Å². The second-order valence-electron chi connectivity index (χ2n) is 3.53. The van der Waals surface area contributed by atoms with Crippen molar-refractivity contribution in [2.24, 2.45) is 4.99 Å². The summed E-state index contributed by atoms with van der Waals surface area (Å²) in [4.78, 5) is 4.18. The molecule has 80 valence electrons. The molecule has 15 heavy (non-hydrogen) atoms. The Balaban J connectivity index is 1.93. The average Bonchev–Trinajstić information content (AvgIpc) is 2.73. The summed E-state index contributed by atoms with van der Waals surface area (Å²) in [5, 5.41) is 1.21. The molecule has 0 spiro atoms. The summed E-state index contributed by atoms with van der Waals surface area (Å²) in [5.41, 5.74) is 1.19. The molecule has 1 atom stereocenters. The second kappa shape index (κ2) is 4.86. The van der Waals surface area contributed by atoms with Crippen LogP contribution in [-0.4, -0.2) is 19.0 Å². The van der Waals surface area contributed by atoms with Gasteiger partial charge in [-0.2, -0.15) is 0 Å². The van der Waals surface area contributed by atoms with Gasteiger partial charge in [-0.15, -0.1) is 0 Å². The number of rotatable bonds is 3. The van der Waals surface area contributed by atoms with Gasteiger partial charge in [0.1, 0.15) is 6.61 Å². The molecule has 0 bridgehead atoms. The molecule has 0 saturated heterocycles. The maximum atomic E-state index is 5.92. The van der Waals surface area contributed by atoms with Crippen LogP contribution in [0.3, 0.4) is 0 Å². The smallest absolute Gasteiger partial charge is 0.169 e. The first-order chi connectivity index (χ1) is 7.25. The number of halogens is 2. The molecular weight excluding hydrogens is 233 g/mol. The molecule has 0 fully saturated rings. The van der Waals surface area contributed by atoms with Crippen molar-refractivity contribution in [2.75, 3.05) is 6.61 Å². The van der Waals surface area contributed by atoms with Crippen LogP contribution >= 0.6 is 23.2 Å². The molecule has 0 saturated carbocycles. The van der Waals surface area contributed by atoms with E-state index in [2.05, 4.69) is 4.99 Å². The van der Waals surface area contributed by atoms with E-state index in [1.54, 1.807) is 0 Å². The molecule has 1 unspecified atom stereocenters. The Bertz CT molecular complexity index is 379. The van der Waals surface area contributed by atoms with E-state index in [0.29, 0.717) is 22.7 Å². The number of hydrogen-bond acceptors (Lipinski definition) is 2. The van der Waals surface area contributed by atoms with Gasteiger partial charge in [-0.1, -0.05) is 29.3 Å². The van der Waals surface area contributed by atoms with Crippen LogP contribution in [-0.2, 0) is 11.2 Å². The first-order valence-corrected chi connectivity index (χ1v) is 5.58. The summed E-state index contributed by atoms with van der Waals surface area (Å²) in [6.45, 7) is 0.696. The SMILES string of the molecule is Clc1ccc(CCC2COC=N2)cc1Cl. The Kier molecular flexibility index (Phi) is 3.49. The van der Waals surface area contributed by atoms with Gasteiger partial charge in [0, 0.05) is 0 Å². The van der Waals surface area contributed by atoms with Crippen LogP contribution in [0.15, 0.2) is 23.2 Å². The number of benzene rings is 1. The maximum Gasteiger partial charge on any atom is 0.169 e. The minimum Gasteiger partial charge on any atom is -0.481 e. The highest BCUT2D eigenvalue weighted by molar-refractivity contribution is 6.42. The zero-order valence-electron chi connectivity index (χ0n) is 8.12. The molecule has 0 amide bonds. The van der Waals surface area contributed by atoms with E-state index < -0.39 is 0 Å². The van der Waals surface area contributed by atoms with Gasteiger partial charge in [0.2, 0.25) is 0 Å². The highest BCUT2D eigenvalue weighted by atomic mass is 35.5. The summed E-state index contributed by atoms with van der Waals surface area (Å²) in [6.07, 6.45) is 3.45. The molecular formula is C11H11Cl2NO. The van der Waals surface area contributed by atoms with E-state index in [1.165, 1.54) is 12.0 Å². The van der Waals surface area contributed by atoms with Gasteiger partial charge < -0.3 is 4.74 Å². The average molecular weight is 244 g/mol. The van der Waals surface area contributed by atoms with Crippen LogP contribution < -0.4 is 0 Å². The predicted octanol–water partition coefficient (Wildman–Crippen LogP) is 3.35. The summed E-state index contributed by atoms with van der Waals surface area (Å²) in [7, 11) is 0. The second-order valence-corrected chi connectivity index (χ2v) is 4.34. The van der Waals surface area contributed by atoms with Gasteiger partial charge in [0.25, 0.3) is 0 Å². The number of aryl methyl sites for hydroxylation is 1. The van der Waals surface area contributed by atoms with E-state index in [1.807, 2.05) is 18.2 Å². The van der Waals surface area contributed by atoms with E-state index in [9.17, 15) is 0 Å². The number of ether oxygens (including phenoxy) is 1. The Hall–Kier alpha value is -0.730. The lowest BCUT2D eigenvalue weighted by molar-refractivity contribution is 0.322. The zero-order chi connectivity index (χ0) is 10.7. The van der Waals surface area contributed by atoms with Crippen molar-refractivity contribution in [3.8, 4) is 0 Å². The third-order valence-electron chi connectivity index (χ3n) is 2.39. The molecule has 1 aliphatic heterocycles. The minimum absolute atomic E-state index is 0.291. The third-order valence-corrected chi connectivity index (χ3v) is 3.12. The Morgan fingerprint density at radius 1 is 1.33 bits per heavy atom. The molecule has 0 aromatic heterocycles. The van der Waals surface area contributed by atoms with Gasteiger partial charge >= 0.3 is 0 Å². The fraction of sp³-hybridized carbons (Fsp3) is 0.364. The quantitative estimate of drug-likeness (QED) is 0.798. The van der Waals surface area contributed by atoms with Crippen molar-refractivity contribution in [3.05, 3.63) is 33.8 Å². The summed E-state index contributed by atoms with van der Waals surface area (Å²) < 4.78 is 5.05. The molecule has 0 radical (unpaired) electrons. The minimum atomic E-state index is 0.291. The zero-order valence-corrected chi connectivity index (χ0v) is 9.63. The van der Waals surface area contributed by atoms with Crippen LogP contribution in [0.1, 0.15) is 12.0 Å². The number of nitrogens with zero attached hydrogens (tertiary/aromatic N) is 1. The molecule has 1 heterocycles. The van der Waals surface area contributed by atoms with Crippen molar-refractivity contribution in [3.63, 3.8) is 0 Å². The molecule has 2 rings (SSSR count). The highest BCUT2D eigenvalue weighted by Gasteiger charge is 2.11. The third kappa shape index (κ3) is 2.86. The molecule has 1 aliphatic rings. The van der Waals surface area contributed by atoms with E-state index in [4.69, 9.17) is 27.9 Å². The number of hydrogen-bond donors (Lipinski definition) is 0. The summed E-state index contributed by atoms with van der Waals surface area (Å²) >= 11 is 11.8. The largest absolute Gasteiger partial charge is 0.481 e. The molecule has 0 N–H and O–H groups in total. The monoisotopic (exact) mass is 243 g/mol. The van der Waals surface area contributed by atoms with E-state index >= 15 is 0 Å². The van der Waals surface area contributed by atoms with Gasteiger partial charge in [-0.25, -0.2) is 0 Å². The predicted molar refractivity (Wildman–Crippen MR) is 63.0 cm³/mol. The van der Waals surface area contributed by atoms with E-state index in [0.717, 1.165) is 12.8 Å². The van der Waals surface area contributed by atoms with Gasteiger partial charge in [-0.3, -0.25) is 4.99 Å². The lowest BCUT2D eigenvalue weighted by atomic mass is 10.1. The fourth-order valence-electron chi connectivity index (χ4n) is 1.51. The molecule has 2 nitrogen and oxygen atoms in total. The van der Waals surface area contributed by atoms with Crippen molar-refractivity contribution < 1.29 is 4.74 Å². The highest BCUT2D eigenvalue weighted by Crippen LogP contribution is 2.23. The molecule has 1 aromatic rings. The van der Waals surface area contributed by atoms with Gasteiger partial charge in [-0.05, 0) is 30.5 Å². The molecule has 4 heteroatoms. The number of aliphatic imine (C=N–C) groups is 1. The van der Waals surface area contributed by atoms with Crippen molar-refractivity contribution in [1.82, 2.24) is 0 Å². The van der Waals surface area contributed by atoms with E-state index in [-0.39, 0.29) is 0 Å². The summed E-state index contributed by atoms with van der Waals surface area (Å²) in [5.74, 6) is 0. The van der Waals surface area contributed by atoms with Crippen LogP contribution in [0, 0.1) is 0 Å². The van der Waals surface area contributed by atoms with Crippen LogP contribution in [0.25, 0.3) is 0 Å². The van der Waals surface area contributed by atoms with Gasteiger partial charge in [0.15, 0.2) is 6.40 Å². The molecule has 1 aromatic carbocycles. The first kappa shape index (κ1) is 10.8. The lowest BCUT2D eigenvalue weighted by Gasteiger charge is -2.06. The van der Waals surface area contributed by atoms with Crippen LogP contribution in [0.5, 0.6) is 0 Å². The van der Waals surface area contributed by atoms with Crippen LogP contribution in [0.2, 0.25) is 10.0 Å². The normalized spacial score (nSPS) is 19.2. The maximum absolute atomic E-state index is 5.92. The fourth-order valence-corrected chi connectivity index (χ4v) is 1.83. The Labute approximate surface area is 98.9 Å². The Morgan fingerprint density at radius 2 is 2.20 bits per heavy atom. The topological polar surface area (TPSA) is 21.6 Å². The Morgan fingerprint density at radius 3 is 2.87 bits per heavy atom. The first-order valence-electron chi connectivity index (χ1n) is 4.83. The van der Waals surface area contributed by atoms with Crippen LogP contribution in [0.4, 0.5) is 0 Å². The van der Waals surface area contributed by atoms with Gasteiger partial charge in [0.05, 0.1) is 16.1 Å². The molecule has 0 aliphatic carbocycles. The lowest BCUT2D eigenvalue weighted by Crippen LogP contribution is -2.07. The summed E-state index contributed by atoms with van der Waals surface area (Å²) in [6, 6.07) is 6.02. The van der Waals surface area contributed by atoms with Crippen molar-refractivity contribution >= 4 is 29.6 Å².